The first-order chi connectivity index (χ1) is 13.0. The van der Waals surface area contributed by atoms with Crippen LogP contribution in [-0.4, -0.2) is 36.5 Å². The molecule has 1 aliphatic carbocycles. The van der Waals surface area contributed by atoms with E-state index in [1.807, 2.05) is 42.8 Å². The lowest BCUT2D eigenvalue weighted by Crippen LogP contribution is -2.43. The van der Waals surface area contributed by atoms with Gasteiger partial charge in [-0.3, -0.25) is 9.48 Å². The zero-order valence-electron chi connectivity index (χ0n) is 16.7. The van der Waals surface area contributed by atoms with Crippen molar-refractivity contribution in [3.8, 4) is 11.5 Å². The molecular weight excluding hydrogens is 342 g/mol. The van der Waals surface area contributed by atoms with Crippen LogP contribution < -0.4 is 14.8 Å². The second kappa shape index (κ2) is 8.03. The van der Waals surface area contributed by atoms with Crippen molar-refractivity contribution in [1.82, 2.24) is 15.1 Å². The van der Waals surface area contributed by atoms with E-state index in [2.05, 4.69) is 10.4 Å². The molecule has 1 saturated carbocycles. The molecule has 0 bridgehead atoms. The molecule has 1 aliphatic rings. The summed E-state index contributed by atoms with van der Waals surface area (Å²) in [5, 5.41) is 7.60. The van der Waals surface area contributed by atoms with Gasteiger partial charge in [0.05, 0.1) is 31.9 Å². The highest BCUT2D eigenvalue weighted by Gasteiger charge is 2.42. The number of rotatable bonds is 7. The Bertz CT molecular complexity index is 807. The normalized spacial score (nSPS) is 15.6. The number of nitrogens with zero attached hydrogens (tertiary/aromatic N) is 2. The van der Waals surface area contributed by atoms with Gasteiger partial charge in [-0.2, -0.15) is 5.10 Å². The van der Waals surface area contributed by atoms with Crippen molar-refractivity contribution in [3.63, 3.8) is 0 Å². The zero-order chi connectivity index (χ0) is 19.4. The number of carbonyl (C=O) groups excluding carboxylic acids is 1. The van der Waals surface area contributed by atoms with Crippen LogP contribution in [0.1, 0.15) is 42.6 Å². The maximum Gasteiger partial charge on any atom is 0.230 e. The summed E-state index contributed by atoms with van der Waals surface area (Å²) in [6, 6.07) is 7.87. The topological polar surface area (TPSA) is 65.4 Å². The van der Waals surface area contributed by atoms with E-state index >= 15 is 0 Å². The molecule has 0 unspecified atom stereocenters. The van der Waals surface area contributed by atoms with Gasteiger partial charge in [0.25, 0.3) is 0 Å². The highest BCUT2D eigenvalue weighted by molar-refractivity contribution is 5.88. The van der Waals surface area contributed by atoms with E-state index < -0.39 is 5.41 Å². The minimum atomic E-state index is -0.491. The summed E-state index contributed by atoms with van der Waals surface area (Å²) in [6.45, 7) is 5.25. The summed E-state index contributed by atoms with van der Waals surface area (Å²) in [5.74, 6) is 1.43. The van der Waals surface area contributed by atoms with Crippen LogP contribution in [0, 0.1) is 13.8 Å². The van der Waals surface area contributed by atoms with Gasteiger partial charge in [0.2, 0.25) is 5.91 Å². The Balaban J connectivity index is 1.76. The Hall–Kier alpha value is -2.50. The molecule has 3 rings (SSSR count). The molecule has 1 amide bonds. The van der Waals surface area contributed by atoms with E-state index in [1.54, 1.807) is 14.2 Å². The van der Waals surface area contributed by atoms with Crippen LogP contribution in [0.25, 0.3) is 0 Å². The van der Waals surface area contributed by atoms with Gasteiger partial charge in [-0.05, 0) is 50.5 Å². The standard InChI is InChI=1S/C21H29N3O3/c1-15-13-16(2)24(23-15)12-11-22-20(25)21(9-5-6-10-21)17-7-8-18(26-3)19(14-17)27-4/h7-8,13-14H,5-6,9-12H2,1-4H3,(H,22,25). The van der Waals surface area contributed by atoms with E-state index in [9.17, 15) is 4.79 Å². The molecule has 6 heteroatoms. The molecule has 2 aromatic rings. The average molecular weight is 371 g/mol. The predicted molar refractivity (Wildman–Crippen MR) is 104 cm³/mol. The van der Waals surface area contributed by atoms with Crippen molar-refractivity contribution in [1.29, 1.82) is 0 Å². The Morgan fingerprint density at radius 2 is 1.85 bits per heavy atom. The van der Waals surface area contributed by atoms with E-state index in [0.29, 0.717) is 24.6 Å². The lowest BCUT2D eigenvalue weighted by molar-refractivity contribution is -0.126. The highest BCUT2D eigenvalue weighted by atomic mass is 16.5. The number of benzene rings is 1. The number of hydrogen-bond acceptors (Lipinski definition) is 4. The number of methoxy groups -OCH3 is 2. The van der Waals surface area contributed by atoms with Crippen molar-refractivity contribution in [3.05, 3.63) is 41.2 Å². The van der Waals surface area contributed by atoms with E-state index in [0.717, 1.165) is 42.6 Å². The third-order valence-electron chi connectivity index (χ3n) is 5.54. The van der Waals surface area contributed by atoms with Gasteiger partial charge in [0.1, 0.15) is 0 Å². The number of ether oxygens (including phenoxy) is 2. The number of aromatic nitrogens is 2. The third-order valence-corrected chi connectivity index (χ3v) is 5.54. The molecule has 0 saturated heterocycles. The summed E-state index contributed by atoms with van der Waals surface area (Å²) in [5.41, 5.74) is 2.61. The molecule has 1 heterocycles. The van der Waals surface area contributed by atoms with Crippen LogP contribution in [0.15, 0.2) is 24.3 Å². The molecule has 1 aromatic carbocycles. The number of hydrogen-bond donors (Lipinski definition) is 1. The fourth-order valence-corrected chi connectivity index (χ4v) is 4.11. The second-order valence-electron chi connectivity index (χ2n) is 7.27. The fraction of sp³-hybridized carbons (Fsp3) is 0.524. The Labute approximate surface area is 160 Å². The lowest BCUT2D eigenvalue weighted by atomic mass is 9.77. The number of carbonyl (C=O) groups is 1. The first kappa shape index (κ1) is 19.3. The molecule has 1 aromatic heterocycles. The highest BCUT2D eigenvalue weighted by Crippen LogP contribution is 2.43. The molecule has 0 aliphatic heterocycles. The largest absolute Gasteiger partial charge is 0.493 e. The number of aryl methyl sites for hydroxylation is 2. The van der Waals surface area contributed by atoms with Gasteiger partial charge in [-0.25, -0.2) is 0 Å². The van der Waals surface area contributed by atoms with E-state index in [-0.39, 0.29) is 5.91 Å². The van der Waals surface area contributed by atoms with Gasteiger partial charge in [-0.1, -0.05) is 18.9 Å². The monoisotopic (exact) mass is 371 g/mol. The fourth-order valence-electron chi connectivity index (χ4n) is 4.11. The molecule has 0 radical (unpaired) electrons. The summed E-state index contributed by atoms with van der Waals surface area (Å²) in [6.07, 6.45) is 3.82. The second-order valence-corrected chi connectivity index (χ2v) is 7.27. The van der Waals surface area contributed by atoms with Gasteiger partial charge < -0.3 is 14.8 Å². The van der Waals surface area contributed by atoms with Gasteiger partial charge in [-0.15, -0.1) is 0 Å². The Kier molecular flexibility index (Phi) is 5.73. The molecule has 1 N–H and O–H groups in total. The van der Waals surface area contributed by atoms with Crippen LogP contribution >= 0.6 is 0 Å². The first-order valence-electron chi connectivity index (χ1n) is 9.52. The van der Waals surface area contributed by atoms with Crippen molar-refractivity contribution in [2.45, 2.75) is 51.5 Å². The molecule has 0 spiro atoms. The maximum atomic E-state index is 13.2. The zero-order valence-corrected chi connectivity index (χ0v) is 16.7. The summed E-state index contributed by atoms with van der Waals surface area (Å²) in [4.78, 5) is 13.2. The summed E-state index contributed by atoms with van der Waals surface area (Å²) < 4.78 is 12.7. The SMILES string of the molecule is COc1ccc(C2(C(=O)NCCn3nc(C)cc3C)CCCC2)cc1OC. The molecular formula is C21H29N3O3. The quantitative estimate of drug-likeness (QED) is 0.812. The molecule has 1 fully saturated rings. The average Bonchev–Trinajstić information content (AvgIpc) is 3.28. The van der Waals surface area contributed by atoms with Crippen LogP contribution in [0.2, 0.25) is 0 Å². The molecule has 27 heavy (non-hydrogen) atoms. The molecule has 0 atom stereocenters. The Morgan fingerprint density at radius 1 is 1.15 bits per heavy atom. The summed E-state index contributed by atoms with van der Waals surface area (Å²) in [7, 11) is 3.24. The van der Waals surface area contributed by atoms with Crippen molar-refractivity contribution >= 4 is 5.91 Å². The number of amides is 1. The van der Waals surface area contributed by atoms with Crippen molar-refractivity contribution < 1.29 is 14.3 Å². The van der Waals surface area contributed by atoms with Crippen molar-refractivity contribution in [2.75, 3.05) is 20.8 Å². The predicted octanol–water partition coefficient (Wildman–Crippen LogP) is 3.15. The van der Waals surface area contributed by atoms with Crippen LogP contribution in [0.4, 0.5) is 0 Å². The minimum absolute atomic E-state index is 0.0914. The lowest BCUT2D eigenvalue weighted by Gasteiger charge is -2.29. The summed E-state index contributed by atoms with van der Waals surface area (Å²) >= 11 is 0. The van der Waals surface area contributed by atoms with Crippen LogP contribution in [-0.2, 0) is 16.8 Å². The molecule has 146 valence electrons. The van der Waals surface area contributed by atoms with Crippen LogP contribution in [0.5, 0.6) is 11.5 Å². The van der Waals surface area contributed by atoms with Gasteiger partial charge in [0.15, 0.2) is 11.5 Å². The van der Waals surface area contributed by atoms with Crippen molar-refractivity contribution in [2.24, 2.45) is 0 Å². The maximum absolute atomic E-state index is 13.2. The van der Waals surface area contributed by atoms with Crippen LogP contribution in [0.3, 0.4) is 0 Å². The first-order valence-corrected chi connectivity index (χ1v) is 9.52. The smallest absolute Gasteiger partial charge is 0.230 e. The third kappa shape index (κ3) is 3.80. The van der Waals surface area contributed by atoms with Gasteiger partial charge in [0, 0.05) is 12.2 Å². The Morgan fingerprint density at radius 3 is 2.44 bits per heavy atom. The van der Waals surface area contributed by atoms with E-state index in [1.165, 1.54) is 0 Å². The number of nitrogens with one attached hydrogen (secondary N) is 1. The van der Waals surface area contributed by atoms with Gasteiger partial charge >= 0.3 is 0 Å². The van der Waals surface area contributed by atoms with E-state index in [4.69, 9.17) is 9.47 Å². The minimum Gasteiger partial charge on any atom is -0.493 e. The molecule has 6 nitrogen and oxygen atoms in total.